The second-order valence-electron chi connectivity index (χ2n) is 3.86. The van der Waals surface area contributed by atoms with E-state index in [-0.39, 0.29) is 11.7 Å². The molecule has 0 fully saturated rings. The van der Waals surface area contributed by atoms with Crippen molar-refractivity contribution in [3.05, 3.63) is 16.1 Å². The zero-order chi connectivity index (χ0) is 14.3. The molecule has 0 bridgehead atoms. The van der Waals surface area contributed by atoms with Crippen molar-refractivity contribution in [3.8, 4) is 0 Å². The Morgan fingerprint density at radius 3 is 2.74 bits per heavy atom. The van der Waals surface area contributed by atoms with E-state index in [4.69, 9.17) is 9.84 Å². The Labute approximate surface area is 116 Å². The van der Waals surface area contributed by atoms with Gasteiger partial charge in [-0.2, -0.15) is 0 Å². The summed E-state index contributed by atoms with van der Waals surface area (Å²) in [4.78, 5) is 28.0. The van der Waals surface area contributed by atoms with Crippen molar-refractivity contribution in [2.45, 2.75) is 26.8 Å². The molecule has 0 saturated carbocycles. The monoisotopic (exact) mass is 286 g/mol. The van der Waals surface area contributed by atoms with Gasteiger partial charge in [-0.15, -0.1) is 11.3 Å². The molecule has 0 aliphatic carbocycles. The summed E-state index contributed by atoms with van der Waals surface area (Å²) in [5.41, 5.74) is 0.0708. The molecule has 0 saturated heterocycles. The molecule has 1 aromatic rings. The summed E-state index contributed by atoms with van der Waals surface area (Å²) in [6.45, 7) is 6.04. The Hall–Kier alpha value is -1.47. The quantitative estimate of drug-likeness (QED) is 0.731. The van der Waals surface area contributed by atoms with Crippen LogP contribution in [0.4, 0.5) is 0 Å². The molecule has 0 aromatic carbocycles. The fraction of sp³-hybridized carbons (Fsp3) is 0.583. The fourth-order valence-corrected chi connectivity index (χ4v) is 2.31. The van der Waals surface area contributed by atoms with E-state index in [2.05, 4.69) is 4.98 Å². The number of aromatic nitrogens is 1. The summed E-state index contributed by atoms with van der Waals surface area (Å²) in [6.07, 6.45) is 0.332. The average molecular weight is 286 g/mol. The van der Waals surface area contributed by atoms with E-state index in [9.17, 15) is 9.59 Å². The number of esters is 1. The number of ether oxygens (including phenoxy) is 1. The van der Waals surface area contributed by atoms with E-state index < -0.39 is 5.97 Å². The molecule has 1 aromatic heterocycles. The SMILES string of the molecule is CCOC(=O)CCN(CC)Cc1nc(C(=O)O)cs1. The molecule has 1 heterocycles. The van der Waals surface area contributed by atoms with Gasteiger partial charge < -0.3 is 9.84 Å². The summed E-state index contributed by atoms with van der Waals surface area (Å²) in [6, 6.07) is 0. The van der Waals surface area contributed by atoms with Gasteiger partial charge in [-0.3, -0.25) is 9.69 Å². The second kappa shape index (κ2) is 7.85. The van der Waals surface area contributed by atoms with E-state index in [0.717, 1.165) is 11.6 Å². The molecule has 0 spiro atoms. The number of hydrogen-bond acceptors (Lipinski definition) is 6. The first-order valence-corrected chi connectivity index (χ1v) is 7.00. The molecule has 1 N–H and O–H groups in total. The minimum absolute atomic E-state index is 0.0708. The number of thiazole rings is 1. The molecule has 0 aliphatic heterocycles. The second-order valence-corrected chi connectivity index (χ2v) is 4.80. The Bertz CT molecular complexity index is 433. The van der Waals surface area contributed by atoms with Crippen LogP contribution >= 0.6 is 11.3 Å². The molecule has 6 nitrogen and oxygen atoms in total. The van der Waals surface area contributed by atoms with E-state index in [1.807, 2.05) is 11.8 Å². The summed E-state index contributed by atoms with van der Waals surface area (Å²) in [7, 11) is 0. The number of carbonyl (C=O) groups excluding carboxylic acids is 1. The standard InChI is InChI=1S/C12H18N2O4S/c1-3-14(6-5-11(15)18-4-2)7-10-13-9(8-19-10)12(16)17/h8H,3-7H2,1-2H3,(H,16,17). The predicted octanol–water partition coefficient (Wildman–Crippen LogP) is 1.62. The van der Waals surface area contributed by atoms with Crippen molar-refractivity contribution in [3.63, 3.8) is 0 Å². The molecule has 0 aliphatic rings. The van der Waals surface area contributed by atoms with Crippen LogP contribution in [0.5, 0.6) is 0 Å². The minimum Gasteiger partial charge on any atom is -0.476 e. The topological polar surface area (TPSA) is 79.7 Å². The minimum atomic E-state index is -1.02. The third-order valence-electron chi connectivity index (χ3n) is 2.51. The zero-order valence-corrected chi connectivity index (χ0v) is 11.9. The number of carboxylic acid groups (broad SMARTS) is 1. The van der Waals surface area contributed by atoms with Gasteiger partial charge in [0.15, 0.2) is 5.69 Å². The summed E-state index contributed by atoms with van der Waals surface area (Å²) in [5.74, 6) is -1.23. The Morgan fingerprint density at radius 1 is 1.47 bits per heavy atom. The van der Waals surface area contributed by atoms with Crippen LogP contribution in [0.15, 0.2) is 5.38 Å². The van der Waals surface area contributed by atoms with Gasteiger partial charge in [0.25, 0.3) is 0 Å². The van der Waals surface area contributed by atoms with Crippen LogP contribution in [0.2, 0.25) is 0 Å². The lowest BCUT2D eigenvalue weighted by atomic mass is 10.3. The first kappa shape index (κ1) is 15.6. The van der Waals surface area contributed by atoms with Gasteiger partial charge in [0.05, 0.1) is 19.6 Å². The van der Waals surface area contributed by atoms with Crippen LogP contribution in [0, 0.1) is 0 Å². The number of hydrogen-bond donors (Lipinski definition) is 1. The number of aromatic carboxylic acids is 1. The third kappa shape index (κ3) is 5.35. The molecule has 0 radical (unpaired) electrons. The predicted molar refractivity (Wildman–Crippen MR) is 71.3 cm³/mol. The smallest absolute Gasteiger partial charge is 0.355 e. The maximum Gasteiger partial charge on any atom is 0.355 e. The van der Waals surface area contributed by atoms with Crippen LogP contribution in [0.1, 0.15) is 35.8 Å². The van der Waals surface area contributed by atoms with Crippen LogP contribution < -0.4 is 0 Å². The highest BCUT2D eigenvalue weighted by molar-refractivity contribution is 7.09. The Kier molecular flexibility index (Phi) is 6.44. The lowest BCUT2D eigenvalue weighted by molar-refractivity contribution is -0.143. The van der Waals surface area contributed by atoms with Crippen molar-refractivity contribution in [1.82, 2.24) is 9.88 Å². The van der Waals surface area contributed by atoms with Crippen molar-refractivity contribution >= 4 is 23.3 Å². The molecule has 1 rings (SSSR count). The summed E-state index contributed by atoms with van der Waals surface area (Å²) in [5, 5.41) is 11.1. The normalized spacial score (nSPS) is 10.7. The lowest BCUT2D eigenvalue weighted by Gasteiger charge is -2.18. The van der Waals surface area contributed by atoms with Crippen LogP contribution in [0.25, 0.3) is 0 Å². The van der Waals surface area contributed by atoms with E-state index in [1.165, 1.54) is 16.7 Å². The van der Waals surface area contributed by atoms with Gasteiger partial charge in [-0.05, 0) is 13.5 Å². The number of rotatable bonds is 8. The highest BCUT2D eigenvalue weighted by Gasteiger charge is 2.12. The molecule has 0 amide bonds. The molecule has 0 atom stereocenters. The first-order valence-electron chi connectivity index (χ1n) is 6.12. The zero-order valence-electron chi connectivity index (χ0n) is 11.1. The Morgan fingerprint density at radius 2 is 2.21 bits per heavy atom. The molecule has 0 unspecified atom stereocenters. The number of carbonyl (C=O) groups is 2. The van der Waals surface area contributed by atoms with Gasteiger partial charge in [0.1, 0.15) is 5.01 Å². The lowest BCUT2D eigenvalue weighted by Crippen LogP contribution is -2.26. The van der Waals surface area contributed by atoms with E-state index >= 15 is 0 Å². The van der Waals surface area contributed by atoms with Gasteiger partial charge >= 0.3 is 11.9 Å². The van der Waals surface area contributed by atoms with Crippen LogP contribution in [0.3, 0.4) is 0 Å². The third-order valence-corrected chi connectivity index (χ3v) is 3.35. The van der Waals surface area contributed by atoms with Crippen molar-refractivity contribution in [1.29, 1.82) is 0 Å². The number of carboxylic acids is 1. The largest absolute Gasteiger partial charge is 0.476 e. The highest BCUT2D eigenvalue weighted by Crippen LogP contribution is 2.12. The first-order chi connectivity index (χ1) is 9.06. The summed E-state index contributed by atoms with van der Waals surface area (Å²) < 4.78 is 4.87. The van der Waals surface area contributed by atoms with Gasteiger partial charge in [0, 0.05) is 11.9 Å². The van der Waals surface area contributed by atoms with Crippen molar-refractivity contribution < 1.29 is 19.4 Å². The van der Waals surface area contributed by atoms with Crippen LogP contribution in [-0.2, 0) is 16.1 Å². The van der Waals surface area contributed by atoms with Crippen molar-refractivity contribution in [2.75, 3.05) is 19.7 Å². The molecule has 106 valence electrons. The average Bonchev–Trinajstić information content (AvgIpc) is 2.83. The molecule has 19 heavy (non-hydrogen) atoms. The molecular formula is C12H18N2O4S. The van der Waals surface area contributed by atoms with Crippen LogP contribution in [-0.4, -0.2) is 46.6 Å². The van der Waals surface area contributed by atoms with Gasteiger partial charge in [-0.1, -0.05) is 6.92 Å². The molecular weight excluding hydrogens is 268 g/mol. The van der Waals surface area contributed by atoms with Gasteiger partial charge in [0.2, 0.25) is 0 Å². The number of nitrogens with zero attached hydrogens (tertiary/aromatic N) is 2. The molecule has 7 heteroatoms. The van der Waals surface area contributed by atoms with E-state index in [1.54, 1.807) is 6.92 Å². The Balaban J connectivity index is 2.47. The van der Waals surface area contributed by atoms with Gasteiger partial charge in [-0.25, -0.2) is 9.78 Å². The summed E-state index contributed by atoms with van der Waals surface area (Å²) >= 11 is 1.32. The van der Waals surface area contributed by atoms with E-state index in [0.29, 0.717) is 26.1 Å². The van der Waals surface area contributed by atoms with Crippen molar-refractivity contribution in [2.24, 2.45) is 0 Å². The maximum atomic E-state index is 11.3. The maximum absolute atomic E-state index is 11.3. The fourth-order valence-electron chi connectivity index (χ4n) is 1.50. The highest BCUT2D eigenvalue weighted by atomic mass is 32.1.